The number of amides is 1. The lowest BCUT2D eigenvalue weighted by Crippen LogP contribution is -2.27. The molecule has 0 spiro atoms. The Morgan fingerprint density at radius 2 is 2.10 bits per heavy atom. The van der Waals surface area contributed by atoms with Gasteiger partial charge in [0.05, 0.1) is 27.8 Å². The fourth-order valence-corrected chi connectivity index (χ4v) is 3.17. The molecule has 9 nitrogen and oxygen atoms in total. The number of nitro benzene ring substituents is 1. The van der Waals surface area contributed by atoms with E-state index in [1.54, 1.807) is 37.5 Å². The Morgan fingerprint density at radius 1 is 1.34 bits per heavy atom. The summed E-state index contributed by atoms with van der Waals surface area (Å²) in [4.78, 5) is 24.7. The van der Waals surface area contributed by atoms with Crippen molar-refractivity contribution in [3.05, 3.63) is 74.4 Å². The Hall–Kier alpha value is -3.14. The number of benzene rings is 1. The van der Waals surface area contributed by atoms with Crippen molar-refractivity contribution in [2.24, 2.45) is 0 Å². The largest absolute Gasteiger partial charge is 0.479 e. The molecule has 2 heterocycles. The average Bonchev–Trinajstić information content (AvgIpc) is 3.33. The topological polar surface area (TPSA) is 104 Å². The Kier molecular flexibility index (Phi) is 6.32. The van der Waals surface area contributed by atoms with Gasteiger partial charge in [0.2, 0.25) is 0 Å². The van der Waals surface area contributed by atoms with E-state index in [1.165, 1.54) is 17.0 Å². The number of nitro groups is 1. The maximum atomic E-state index is 12.7. The molecule has 0 aliphatic heterocycles. The van der Waals surface area contributed by atoms with Crippen LogP contribution in [0.2, 0.25) is 0 Å². The van der Waals surface area contributed by atoms with Crippen LogP contribution in [-0.2, 0) is 19.7 Å². The summed E-state index contributed by atoms with van der Waals surface area (Å²) in [6.07, 6.45) is 1.70. The number of carbonyl (C=O) groups is 1. The summed E-state index contributed by atoms with van der Waals surface area (Å²) in [6.45, 7) is 2.99. The number of ether oxygens (including phenoxy) is 1. The zero-order chi connectivity index (χ0) is 21.0. The molecule has 2 aromatic heterocycles. The molecule has 0 atom stereocenters. The Balaban J connectivity index is 1.65. The third-order valence-electron chi connectivity index (χ3n) is 4.24. The van der Waals surface area contributed by atoms with E-state index in [1.807, 2.05) is 11.6 Å². The van der Waals surface area contributed by atoms with Crippen LogP contribution in [0, 0.1) is 10.1 Å². The monoisotopic (exact) mass is 462 g/mol. The van der Waals surface area contributed by atoms with Gasteiger partial charge in [-0.15, -0.1) is 0 Å². The quantitative estimate of drug-likeness (QED) is 0.369. The van der Waals surface area contributed by atoms with E-state index in [2.05, 4.69) is 21.0 Å². The summed E-state index contributed by atoms with van der Waals surface area (Å²) in [6, 6.07) is 9.25. The van der Waals surface area contributed by atoms with Gasteiger partial charge in [0, 0.05) is 19.7 Å². The molecule has 3 aromatic rings. The van der Waals surface area contributed by atoms with Gasteiger partial charge in [-0.05, 0) is 41.1 Å². The Labute approximate surface area is 175 Å². The summed E-state index contributed by atoms with van der Waals surface area (Å²) in [5, 5.41) is 15.3. The molecule has 0 unspecified atom stereocenters. The molecule has 1 aromatic carbocycles. The van der Waals surface area contributed by atoms with Gasteiger partial charge in [-0.2, -0.15) is 5.10 Å². The van der Waals surface area contributed by atoms with E-state index in [4.69, 9.17) is 9.15 Å². The van der Waals surface area contributed by atoms with E-state index in [0.29, 0.717) is 18.8 Å². The highest BCUT2D eigenvalue weighted by Gasteiger charge is 2.20. The van der Waals surface area contributed by atoms with E-state index < -0.39 is 4.92 Å². The first kappa shape index (κ1) is 20.6. The Bertz CT molecular complexity index is 1030. The van der Waals surface area contributed by atoms with Crippen molar-refractivity contribution >= 4 is 27.5 Å². The average molecular weight is 463 g/mol. The zero-order valence-corrected chi connectivity index (χ0v) is 17.5. The van der Waals surface area contributed by atoms with Crippen LogP contribution in [0.1, 0.15) is 28.9 Å². The van der Waals surface area contributed by atoms with Crippen molar-refractivity contribution in [2.75, 3.05) is 7.05 Å². The number of aromatic nitrogens is 2. The lowest BCUT2D eigenvalue weighted by Gasteiger charge is -2.17. The number of rotatable bonds is 8. The standard InChI is InChI=1S/C19H19BrN4O5/c1-3-23-16(14(20)10-21-23)11-22(2)19(25)18-9-8-13(29-18)12-28-17-7-5-4-6-15(17)24(26)27/h4-10H,3,11-12H2,1-2H3. The number of carbonyl (C=O) groups excluding carboxylic acids is 1. The van der Waals surface area contributed by atoms with Gasteiger partial charge in [0.25, 0.3) is 5.91 Å². The van der Waals surface area contributed by atoms with Crippen LogP contribution in [0.4, 0.5) is 5.69 Å². The number of hydrogen-bond acceptors (Lipinski definition) is 6. The van der Waals surface area contributed by atoms with Gasteiger partial charge in [-0.3, -0.25) is 19.6 Å². The summed E-state index contributed by atoms with van der Waals surface area (Å²) in [5.41, 5.74) is 0.753. The molecule has 1 amide bonds. The highest BCUT2D eigenvalue weighted by molar-refractivity contribution is 9.10. The second kappa shape index (κ2) is 8.91. The third kappa shape index (κ3) is 4.65. The maximum absolute atomic E-state index is 12.7. The van der Waals surface area contributed by atoms with Crippen molar-refractivity contribution in [1.82, 2.24) is 14.7 Å². The van der Waals surface area contributed by atoms with E-state index in [-0.39, 0.29) is 29.7 Å². The van der Waals surface area contributed by atoms with Gasteiger partial charge in [0.15, 0.2) is 11.5 Å². The minimum absolute atomic E-state index is 0.0317. The van der Waals surface area contributed by atoms with Crippen molar-refractivity contribution in [3.63, 3.8) is 0 Å². The highest BCUT2D eigenvalue weighted by Crippen LogP contribution is 2.27. The van der Waals surface area contributed by atoms with Crippen LogP contribution in [-0.4, -0.2) is 32.6 Å². The van der Waals surface area contributed by atoms with Gasteiger partial charge in [-0.25, -0.2) is 0 Å². The molecule has 0 N–H and O–H groups in total. The lowest BCUT2D eigenvalue weighted by molar-refractivity contribution is -0.386. The maximum Gasteiger partial charge on any atom is 0.310 e. The van der Waals surface area contributed by atoms with Crippen LogP contribution in [0.15, 0.2) is 51.5 Å². The van der Waals surface area contributed by atoms with Crippen LogP contribution >= 0.6 is 15.9 Å². The number of halogens is 1. The number of para-hydroxylation sites is 2. The van der Waals surface area contributed by atoms with Gasteiger partial charge in [-0.1, -0.05) is 12.1 Å². The second-order valence-corrected chi connectivity index (χ2v) is 7.05. The van der Waals surface area contributed by atoms with Crippen LogP contribution in [0.25, 0.3) is 0 Å². The normalized spacial score (nSPS) is 10.7. The first-order valence-corrected chi connectivity index (χ1v) is 9.60. The summed E-state index contributed by atoms with van der Waals surface area (Å²) < 4.78 is 13.7. The molecule has 0 aliphatic carbocycles. The molecule has 0 bridgehead atoms. The smallest absolute Gasteiger partial charge is 0.310 e. The first-order chi connectivity index (χ1) is 13.9. The molecule has 29 heavy (non-hydrogen) atoms. The van der Waals surface area contributed by atoms with Crippen molar-refractivity contribution in [3.8, 4) is 5.75 Å². The van der Waals surface area contributed by atoms with Gasteiger partial charge >= 0.3 is 5.69 Å². The summed E-state index contributed by atoms with van der Waals surface area (Å²) >= 11 is 3.45. The molecule has 0 radical (unpaired) electrons. The minimum Gasteiger partial charge on any atom is -0.479 e. The molecule has 0 aliphatic rings. The summed E-state index contributed by atoms with van der Waals surface area (Å²) in [5.74, 6) is 0.390. The predicted octanol–water partition coefficient (Wildman–Crippen LogP) is 4.02. The second-order valence-electron chi connectivity index (χ2n) is 6.20. The summed E-state index contributed by atoms with van der Waals surface area (Å²) in [7, 11) is 1.67. The molecule has 0 saturated carbocycles. The van der Waals surface area contributed by atoms with Gasteiger partial charge < -0.3 is 14.1 Å². The van der Waals surface area contributed by atoms with Crippen molar-refractivity contribution < 1.29 is 18.9 Å². The highest BCUT2D eigenvalue weighted by atomic mass is 79.9. The van der Waals surface area contributed by atoms with Crippen LogP contribution in [0.3, 0.4) is 0 Å². The van der Waals surface area contributed by atoms with Crippen LogP contribution < -0.4 is 4.74 Å². The third-order valence-corrected chi connectivity index (χ3v) is 4.90. The molecular weight excluding hydrogens is 444 g/mol. The van der Waals surface area contributed by atoms with E-state index in [9.17, 15) is 14.9 Å². The van der Waals surface area contributed by atoms with E-state index in [0.717, 1.165) is 10.2 Å². The molecular formula is C19H19BrN4O5. The SMILES string of the molecule is CCn1ncc(Br)c1CN(C)C(=O)c1ccc(COc2ccccc2[N+](=O)[O-])o1. The molecule has 0 saturated heterocycles. The first-order valence-electron chi connectivity index (χ1n) is 8.81. The number of furan rings is 1. The van der Waals surface area contributed by atoms with Crippen molar-refractivity contribution in [2.45, 2.75) is 26.6 Å². The number of nitrogens with zero attached hydrogens (tertiary/aromatic N) is 4. The molecule has 3 rings (SSSR count). The predicted molar refractivity (Wildman–Crippen MR) is 108 cm³/mol. The fraction of sp³-hybridized carbons (Fsp3) is 0.263. The van der Waals surface area contributed by atoms with Crippen LogP contribution in [0.5, 0.6) is 5.75 Å². The minimum atomic E-state index is -0.513. The number of aryl methyl sites for hydroxylation is 1. The molecule has 0 fully saturated rings. The molecule has 152 valence electrons. The lowest BCUT2D eigenvalue weighted by atomic mass is 10.3. The van der Waals surface area contributed by atoms with E-state index >= 15 is 0 Å². The Morgan fingerprint density at radius 3 is 2.83 bits per heavy atom. The number of hydrogen-bond donors (Lipinski definition) is 0. The van der Waals surface area contributed by atoms with Crippen molar-refractivity contribution in [1.29, 1.82) is 0 Å². The van der Waals surface area contributed by atoms with Gasteiger partial charge in [0.1, 0.15) is 12.4 Å². The zero-order valence-electron chi connectivity index (χ0n) is 15.9. The fourth-order valence-electron chi connectivity index (χ4n) is 2.75. The molecule has 10 heteroatoms.